The van der Waals surface area contributed by atoms with Crippen LogP contribution in [0.15, 0.2) is 37.6 Å². The number of carbonyl (C=O) groups is 1. The minimum absolute atomic E-state index is 0.204. The molecule has 4 bridgehead atoms. The van der Waals surface area contributed by atoms with Crippen LogP contribution in [-0.4, -0.2) is 50.0 Å². The van der Waals surface area contributed by atoms with Gasteiger partial charge in [-0.25, -0.2) is 0 Å². The number of fused-ring (bicyclic) bond motifs is 4. The highest BCUT2D eigenvalue weighted by atomic mass is 16.5. The first kappa shape index (κ1) is 48.6. The second-order valence-electron chi connectivity index (χ2n) is 18.4. The minimum atomic E-state index is -0.436. The highest BCUT2D eigenvalue weighted by molar-refractivity contribution is 5.51. The van der Waals surface area contributed by atoms with Crippen LogP contribution in [0.5, 0.6) is 0 Å². The summed E-state index contributed by atoms with van der Waals surface area (Å²) in [5, 5.41) is 9.62. The minimum Gasteiger partial charge on any atom is -0.502 e. The zero-order valence-electron chi connectivity index (χ0n) is 36.4. The molecule has 10 atom stereocenters. The molecule has 0 radical (unpaired) electrons. The Kier molecular flexibility index (Phi) is 22.6. The molecule has 6 aliphatic rings. The van der Waals surface area contributed by atoms with Gasteiger partial charge in [-0.3, -0.25) is 0 Å². The molecular formula is C47H86O5. The van der Waals surface area contributed by atoms with Gasteiger partial charge >= 0.3 is 0 Å². The lowest BCUT2D eigenvalue weighted by Gasteiger charge is -2.67. The van der Waals surface area contributed by atoms with Gasteiger partial charge in [0.25, 0.3) is 0 Å². The third-order valence-electron chi connectivity index (χ3n) is 13.5. The predicted octanol–water partition coefficient (Wildman–Crippen LogP) is 12.0. The summed E-state index contributed by atoms with van der Waals surface area (Å²) < 4.78 is 16.1. The summed E-state index contributed by atoms with van der Waals surface area (Å²) in [6.07, 6.45) is 18.5. The van der Waals surface area contributed by atoms with Crippen molar-refractivity contribution in [2.24, 2.45) is 75.9 Å². The number of aliphatic hydroxyl groups is 1. The molecule has 6 aliphatic carbocycles. The van der Waals surface area contributed by atoms with Crippen LogP contribution in [-0.2, 0) is 19.0 Å². The molecule has 6 saturated carbocycles. The quantitative estimate of drug-likeness (QED) is 0.0658. The summed E-state index contributed by atoms with van der Waals surface area (Å²) in [4.78, 5) is 9.50. The van der Waals surface area contributed by atoms with E-state index in [1.165, 1.54) is 32.1 Å². The third-order valence-corrected chi connectivity index (χ3v) is 13.5. The summed E-state index contributed by atoms with van der Waals surface area (Å²) in [5.41, 5.74) is 1.20. The van der Waals surface area contributed by atoms with Crippen LogP contribution in [0.1, 0.15) is 141 Å². The Morgan fingerprint density at radius 1 is 0.788 bits per heavy atom. The SMILES string of the molecule is C=CCOCCC.C=C[C@H](OCCC)[C@@H](O)C(C)C.CC(C)C=O.CCCO/C=C\CC([C@@H]1CC2CC([C@H]1C)C2(C)C)[C@@H]1CC2CC([C@H]1C)C2(C)C. The number of aldehydes is 1. The maximum atomic E-state index is 9.62. The van der Waals surface area contributed by atoms with Gasteiger partial charge in [-0.05, 0) is 127 Å². The van der Waals surface area contributed by atoms with Crippen molar-refractivity contribution in [3.63, 3.8) is 0 Å². The highest BCUT2D eigenvalue weighted by Crippen LogP contribution is 2.68. The Hall–Kier alpha value is -1.43. The maximum Gasteiger partial charge on any atom is 0.122 e. The summed E-state index contributed by atoms with van der Waals surface area (Å²) in [6, 6.07) is 0. The van der Waals surface area contributed by atoms with E-state index in [1.807, 2.05) is 40.9 Å². The highest BCUT2D eigenvalue weighted by Gasteiger charge is 2.61. The van der Waals surface area contributed by atoms with E-state index in [0.717, 1.165) is 92.0 Å². The predicted molar refractivity (Wildman–Crippen MR) is 222 cm³/mol. The van der Waals surface area contributed by atoms with Crippen molar-refractivity contribution in [3.8, 4) is 0 Å². The third kappa shape index (κ3) is 13.7. The number of rotatable bonds is 18. The van der Waals surface area contributed by atoms with E-state index in [-0.39, 0.29) is 17.9 Å². The molecule has 0 aromatic heterocycles. The molecule has 52 heavy (non-hydrogen) atoms. The molecule has 0 aromatic carbocycles. The fourth-order valence-electron chi connectivity index (χ4n) is 9.89. The van der Waals surface area contributed by atoms with Crippen LogP contribution in [0, 0.1) is 75.9 Å². The van der Waals surface area contributed by atoms with Crippen LogP contribution in [0.4, 0.5) is 0 Å². The lowest BCUT2D eigenvalue weighted by molar-refractivity contribution is -0.177. The standard InChI is InChI=1S/C27H46O.C10H20O2.C6H12O.C4H8O/c1-8-11-28-12-9-10-21(22-13-19-15-24(17(22)2)26(19,4)5)23-14-20-16-25(18(23)3)27(20,6)7;1-5-7-12-9(6-2)10(11)8(3)4;1-3-5-7-6-4-2;1-4(2)3-5/h9,12,17-25H,8,10-11,13-16H2,1-7H3;6,8-11H,2,5,7H2,1,3-4H3;3H,1,4-6H2,2H3;3-4H,1-2H3/b12-9-;;;/t17-,18-,19?,20?,21?,22+,23+,24?,25?;9-,10-;;/m00../s1. The van der Waals surface area contributed by atoms with E-state index in [2.05, 4.69) is 74.6 Å². The molecular weight excluding hydrogens is 645 g/mol. The average molecular weight is 731 g/mol. The molecule has 5 heteroatoms. The van der Waals surface area contributed by atoms with Crippen molar-refractivity contribution in [1.82, 2.24) is 0 Å². The Bertz CT molecular complexity index is 971. The van der Waals surface area contributed by atoms with E-state index in [1.54, 1.807) is 12.2 Å². The molecule has 0 aliphatic heterocycles. The van der Waals surface area contributed by atoms with Crippen molar-refractivity contribution < 1.29 is 24.1 Å². The van der Waals surface area contributed by atoms with Crippen LogP contribution < -0.4 is 0 Å². The largest absolute Gasteiger partial charge is 0.502 e. The van der Waals surface area contributed by atoms with Crippen LogP contribution in [0.2, 0.25) is 0 Å². The van der Waals surface area contributed by atoms with Gasteiger partial charge in [-0.2, -0.15) is 0 Å². The topological polar surface area (TPSA) is 65.0 Å². The molecule has 5 nitrogen and oxygen atoms in total. The second kappa shape index (κ2) is 24.2. The summed E-state index contributed by atoms with van der Waals surface area (Å²) in [5.74, 6) is 8.82. The molecule has 4 unspecified atom stereocenters. The number of allylic oxidation sites excluding steroid dienone is 1. The molecule has 6 rings (SSSR count). The lowest BCUT2D eigenvalue weighted by atomic mass is 9.38. The maximum absolute atomic E-state index is 9.62. The van der Waals surface area contributed by atoms with E-state index in [4.69, 9.17) is 14.2 Å². The zero-order valence-corrected chi connectivity index (χ0v) is 36.4. The fraction of sp³-hybridized carbons (Fsp3) is 0.851. The normalized spacial score (nSPS) is 30.8. The van der Waals surface area contributed by atoms with Gasteiger partial charge in [0.15, 0.2) is 0 Å². The Morgan fingerprint density at radius 2 is 1.27 bits per heavy atom. The fourth-order valence-corrected chi connectivity index (χ4v) is 9.89. The zero-order chi connectivity index (χ0) is 39.6. The van der Waals surface area contributed by atoms with Gasteiger partial charge in [0, 0.05) is 19.1 Å². The van der Waals surface area contributed by atoms with Gasteiger partial charge in [0.1, 0.15) is 12.4 Å². The first-order chi connectivity index (χ1) is 24.5. The molecule has 0 aromatic rings. The Morgan fingerprint density at radius 3 is 1.62 bits per heavy atom. The summed E-state index contributed by atoms with van der Waals surface area (Å²) in [6.45, 7) is 39.6. The van der Waals surface area contributed by atoms with Crippen molar-refractivity contribution >= 4 is 6.29 Å². The van der Waals surface area contributed by atoms with Crippen molar-refractivity contribution in [1.29, 1.82) is 0 Å². The molecule has 0 spiro atoms. The van der Waals surface area contributed by atoms with Gasteiger partial charge in [0.2, 0.25) is 0 Å². The molecule has 0 saturated heterocycles. The summed E-state index contributed by atoms with van der Waals surface area (Å²) in [7, 11) is 0. The number of aliphatic hydroxyl groups excluding tert-OH is 1. The van der Waals surface area contributed by atoms with Gasteiger partial charge in [-0.1, -0.05) is 102 Å². The van der Waals surface area contributed by atoms with Gasteiger partial charge in [-0.15, -0.1) is 13.2 Å². The van der Waals surface area contributed by atoms with Crippen molar-refractivity contribution in [3.05, 3.63) is 37.6 Å². The van der Waals surface area contributed by atoms with E-state index in [0.29, 0.717) is 24.0 Å². The molecule has 6 fully saturated rings. The monoisotopic (exact) mass is 731 g/mol. The Labute approximate surface area is 323 Å². The number of hydrogen-bond donors (Lipinski definition) is 1. The smallest absolute Gasteiger partial charge is 0.122 e. The van der Waals surface area contributed by atoms with Gasteiger partial charge < -0.3 is 24.1 Å². The van der Waals surface area contributed by atoms with E-state index < -0.39 is 6.10 Å². The van der Waals surface area contributed by atoms with E-state index in [9.17, 15) is 9.90 Å². The average Bonchev–Trinajstić information content (AvgIpc) is 3.11. The second-order valence-corrected chi connectivity index (χ2v) is 18.4. The first-order valence-electron chi connectivity index (χ1n) is 21.3. The molecule has 0 amide bonds. The van der Waals surface area contributed by atoms with Crippen molar-refractivity contribution in [2.75, 3.05) is 26.4 Å². The lowest BCUT2D eigenvalue weighted by Crippen LogP contribution is -2.59. The number of hydrogen-bond acceptors (Lipinski definition) is 5. The molecule has 304 valence electrons. The molecule has 0 heterocycles. The number of ether oxygens (including phenoxy) is 3. The van der Waals surface area contributed by atoms with Crippen LogP contribution >= 0.6 is 0 Å². The molecule has 1 N–H and O–H groups in total. The Balaban J connectivity index is 0.000000464. The van der Waals surface area contributed by atoms with Gasteiger partial charge in [0.05, 0.1) is 25.6 Å². The van der Waals surface area contributed by atoms with Crippen molar-refractivity contribution in [2.45, 2.75) is 154 Å². The van der Waals surface area contributed by atoms with Crippen LogP contribution in [0.3, 0.4) is 0 Å². The summed E-state index contributed by atoms with van der Waals surface area (Å²) >= 11 is 0. The van der Waals surface area contributed by atoms with E-state index >= 15 is 0 Å². The van der Waals surface area contributed by atoms with Crippen LogP contribution in [0.25, 0.3) is 0 Å². The number of carbonyl (C=O) groups excluding carboxylic acids is 1. The first-order valence-corrected chi connectivity index (χ1v) is 21.3.